The van der Waals surface area contributed by atoms with Crippen LogP contribution in [0.4, 0.5) is 5.69 Å². The van der Waals surface area contributed by atoms with Crippen LogP contribution in [0.1, 0.15) is 21.6 Å². The van der Waals surface area contributed by atoms with Crippen LogP contribution in [0.25, 0.3) is 16.6 Å². The van der Waals surface area contributed by atoms with Crippen molar-refractivity contribution in [1.29, 1.82) is 0 Å². The second-order valence-corrected chi connectivity index (χ2v) is 7.30. The van der Waals surface area contributed by atoms with Gasteiger partial charge in [0.15, 0.2) is 5.65 Å². The summed E-state index contributed by atoms with van der Waals surface area (Å²) >= 11 is 0. The van der Waals surface area contributed by atoms with Crippen molar-refractivity contribution in [3.63, 3.8) is 0 Å². The van der Waals surface area contributed by atoms with Gasteiger partial charge >= 0.3 is 5.69 Å². The monoisotopic (exact) mass is 397 g/mol. The summed E-state index contributed by atoms with van der Waals surface area (Å²) in [5.74, 6) is -0.217. The predicted octanol–water partition coefficient (Wildman–Crippen LogP) is 3.59. The fourth-order valence-electron chi connectivity index (χ4n) is 3.55. The Balaban J connectivity index is 1.38. The van der Waals surface area contributed by atoms with Crippen LogP contribution in [0.2, 0.25) is 0 Å². The molecule has 0 aliphatic rings. The average Bonchev–Trinajstić information content (AvgIpc) is 3.30. The molecule has 0 atom stereocenters. The summed E-state index contributed by atoms with van der Waals surface area (Å²) < 4.78 is 2.92. The Bertz CT molecular complexity index is 1460. The van der Waals surface area contributed by atoms with Gasteiger partial charge in [-0.2, -0.15) is 0 Å². The minimum Gasteiger partial charge on any atom is -0.351 e. The van der Waals surface area contributed by atoms with E-state index < -0.39 is 0 Å². The third kappa shape index (κ3) is 3.26. The highest BCUT2D eigenvalue weighted by atomic mass is 16.2. The van der Waals surface area contributed by atoms with E-state index in [1.165, 1.54) is 9.08 Å². The number of benzene rings is 2. The van der Waals surface area contributed by atoms with Crippen LogP contribution in [0.3, 0.4) is 0 Å². The lowest BCUT2D eigenvalue weighted by Crippen LogP contribution is -2.21. The second kappa shape index (κ2) is 7.04. The van der Waals surface area contributed by atoms with Crippen molar-refractivity contribution in [2.24, 2.45) is 0 Å². The number of H-pyrrole nitrogens is 1. The molecule has 148 valence electrons. The van der Waals surface area contributed by atoms with E-state index in [9.17, 15) is 9.59 Å². The Labute approximate surface area is 171 Å². The van der Waals surface area contributed by atoms with E-state index in [0.717, 1.165) is 22.0 Å². The van der Waals surface area contributed by atoms with Gasteiger partial charge in [-0.15, -0.1) is 5.10 Å². The maximum atomic E-state index is 12.7. The number of aromatic amines is 1. The van der Waals surface area contributed by atoms with Crippen molar-refractivity contribution < 1.29 is 4.79 Å². The Morgan fingerprint density at radius 2 is 1.97 bits per heavy atom. The zero-order valence-electron chi connectivity index (χ0n) is 16.3. The summed E-state index contributed by atoms with van der Waals surface area (Å²) in [6.07, 6.45) is 1.69. The normalized spacial score (nSPS) is 11.2. The van der Waals surface area contributed by atoms with Crippen molar-refractivity contribution in [3.8, 4) is 0 Å². The molecule has 1 amide bonds. The van der Waals surface area contributed by atoms with E-state index in [0.29, 0.717) is 23.6 Å². The van der Waals surface area contributed by atoms with Gasteiger partial charge in [-0.1, -0.05) is 30.3 Å². The fourth-order valence-corrected chi connectivity index (χ4v) is 3.55. The van der Waals surface area contributed by atoms with Crippen molar-refractivity contribution in [2.75, 3.05) is 5.32 Å². The highest BCUT2D eigenvalue weighted by Gasteiger charge is 2.11. The van der Waals surface area contributed by atoms with Crippen LogP contribution in [0, 0.1) is 6.92 Å². The van der Waals surface area contributed by atoms with Crippen LogP contribution in [-0.4, -0.2) is 25.1 Å². The third-order valence-electron chi connectivity index (χ3n) is 5.03. The molecule has 0 aliphatic carbocycles. The summed E-state index contributed by atoms with van der Waals surface area (Å²) in [5.41, 5.74) is 4.48. The number of carbonyl (C=O) groups excluding carboxylic acids is 1. The highest BCUT2D eigenvalue weighted by molar-refractivity contribution is 6.06. The lowest BCUT2D eigenvalue weighted by molar-refractivity contribution is 0.102. The number of anilines is 1. The van der Waals surface area contributed by atoms with Gasteiger partial charge in [-0.25, -0.2) is 9.48 Å². The first kappa shape index (κ1) is 17.9. The number of hydrogen-bond donors (Lipinski definition) is 2. The molecule has 7 nitrogen and oxygen atoms in total. The molecule has 0 fully saturated rings. The van der Waals surface area contributed by atoms with E-state index in [4.69, 9.17) is 0 Å². The van der Waals surface area contributed by atoms with Gasteiger partial charge in [0.2, 0.25) is 0 Å². The Kier molecular flexibility index (Phi) is 4.21. The van der Waals surface area contributed by atoms with Gasteiger partial charge < -0.3 is 10.3 Å². The number of nitrogens with one attached hydrogen (secondary N) is 2. The third-order valence-corrected chi connectivity index (χ3v) is 5.03. The number of hydrogen-bond acceptors (Lipinski definition) is 3. The molecule has 30 heavy (non-hydrogen) atoms. The largest absolute Gasteiger partial charge is 0.351 e. The van der Waals surface area contributed by atoms with Crippen molar-refractivity contribution in [2.45, 2.75) is 13.5 Å². The second-order valence-electron chi connectivity index (χ2n) is 7.30. The molecule has 3 heterocycles. The molecule has 2 aromatic carbocycles. The van der Waals surface area contributed by atoms with Gasteiger partial charge in [-0.3, -0.25) is 9.20 Å². The topological polar surface area (TPSA) is 84.2 Å². The van der Waals surface area contributed by atoms with Crippen LogP contribution < -0.4 is 11.0 Å². The highest BCUT2D eigenvalue weighted by Crippen LogP contribution is 2.18. The molecule has 0 saturated carbocycles. The molecule has 0 aliphatic heterocycles. The first-order valence-corrected chi connectivity index (χ1v) is 9.61. The maximum absolute atomic E-state index is 12.7. The Hall–Kier alpha value is -4.13. The summed E-state index contributed by atoms with van der Waals surface area (Å²) in [4.78, 5) is 28.3. The SMILES string of the molecule is Cc1ccc2cc(C(=O)Nc3cccc(Cn4nc5ccccn5c4=O)c3)[nH]c2c1. The van der Waals surface area contributed by atoms with E-state index in [1.54, 1.807) is 18.3 Å². The fraction of sp³-hybridized carbons (Fsp3) is 0.0870. The molecule has 7 heteroatoms. The van der Waals surface area contributed by atoms with Gasteiger partial charge in [0.25, 0.3) is 5.91 Å². The number of aryl methyl sites for hydroxylation is 1. The molecule has 0 saturated heterocycles. The smallest absolute Gasteiger partial charge is 0.350 e. The number of amides is 1. The van der Waals surface area contributed by atoms with Crippen molar-refractivity contribution in [3.05, 3.63) is 100 Å². The van der Waals surface area contributed by atoms with Crippen LogP contribution in [0.5, 0.6) is 0 Å². The zero-order valence-corrected chi connectivity index (χ0v) is 16.3. The van der Waals surface area contributed by atoms with Crippen LogP contribution in [-0.2, 0) is 6.54 Å². The molecular formula is C23H19N5O2. The number of aromatic nitrogens is 4. The number of rotatable bonds is 4. The number of pyridine rings is 1. The van der Waals surface area contributed by atoms with E-state index in [2.05, 4.69) is 15.4 Å². The van der Waals surface area contributed by atoms with E-state index in [1.807, 2.05) is 61.5 Å². The van der Waals surface area contributed by atoms with E-state index >= 15 is 0 Å². The minimum atomic E-state index is -0.217. The molecule has 5 aromatic rings. The molecule has 0 spiro atoms. The molecule has 0 unspecified atom stereocenters. The lowest BCUT2D eigenvalue weighted by atomic mass is 10.2. The first-order valence-electron chi connectivity index (χ1n) is 9.61. The molecule has 3 aromatic heterocycles. The number of nitrogens with zero attached hydrogens (tertiary/aromatic N) is 3. The molecule has 2 N–H and O–H groups in total. The van der Waals surface area contributed by atoms with Crippen molar-refractivity contribution >= 4 is 28.1 Å². The van der Waals surface area contributed by atoms with Gasteiger partial charge in [0.05, 0.1) is 6.54 Å². The van der Waals surface area contributed by atoms with Crippen molar-refractivity contribution in [1.82, 2.24) is 19.2 Å². The first-order chi connectivity index (χ1) is 14.6. The Morgan fingerprint density at radius 1 is 1.07 bits per heavy atom. The average molecular weight is 397 g/mol. The standard InChI is InChI=1S/C23H19N5O2/c1-15-8-9-17-13-20(25-19(17)11-15)22(29)24-18-6-4-5-16(12-18)14-28-23(30)27-10-3-2-7-21(27)26-28/h2-13,25H,14H2,1H3,(H,24,29). The number of carbonyl (C=O) groups is 1. The summed E-state index contributed by atoms with van der Waals surface area (Å²) in [5, 5.41) is 8.26. The van der Waals surface area contributed by atoms with Gasteiger partial charge in [0, 0.05) is 22.8 Å². The van der Waals surface area contributed by atoms with Crippen LogP contribution >= 0.6 is 0 Å². The number of fused-ring (bicyclic) bond motifs is 2. The molecule has 5 rings (SSSR count). The minimum absolute atomic E-state index is 0.201. The quantitative estimate of drug-likeness (QED) is 0.486. The Morgan fingerprint density at radius 3 is 2.83 bits per heavy atom. The lowest BCUT2D eigenvalue weighted by Gasteiger charge is -2.06. The summed E-state index contributed by atoms with van der Waals surface area (Å²) in [6, 6.07) is 20.7. The van der Waals surface area contributed by atoms with Gasteiger partial charge in [0.1, 0.15) is 5.69 Å². The van der Waals surface area contributed by atoms with Gasteiger partial charge in [-0.05, 0) is 54.4 Å². The molecular weight excluding hydrogens is 378 g/mol. The molecule has 0 bridgehead atoms. The predicted molar refractivity (Wildman–Crippen MR) is 116 cm³/mol. The summed E-state index contributed by atoms with van der Waals surface area (Å²) in [7, 11) is 0. The summed E-state index contributed by atoms with van der Waals surface area (Å²) in [6.45, 7) is 2.33. The van der Waals surface area contributed by atoms with Crippen LogP contribution in [0.15, 0.2) is 77.7 Å². The zero-order chi connectivity index (χ0) is 20.7. The molecule has 0 radical (unpaired) electrons. The maximum Gasteiger partial charge on any atom is 0.350 e. The van der Waals surface area contributed by atoms with E-state index in [-0.39, 0.29) is 11.6 Å².